The number of rotatable bonds is 7. The van der Waals surface area contributed by atoms with Gasteiger partial charge in [0.05, 0.1) is 0 Å². The predicted octanol–water partition coefficient (Wildman–Crippen LogP) is 3.21. The Kier molecular flexibility index (Phi) is 7.19. The highest BCUT2D eigenvalue weighted by atomic mass is 79.9. The van der Waals surface area contributed by atoms with E-state index >= 15 is 0 Å². The van der Waals surface area contributed by atoms with Crippen molar-refractivity contribution in [3.05, 3.63) is 34.3 Å². The topological polar surface area (TPSA) is 32.3 Å². The standard InChI is InChI=1S/C13H20BrNOS/c1-10(12-5-3-4-6-13(12)14)15-11(7-8-16)9-17-2/h3-6,10-11,15-16H,7-9H2,1-2H3/t10-,11+/m0/s1. The maximum Gasteiger partial charge on any atom is 0.0446 e. The summed E-state index contributed by atoms with van der Waals surface area (Å²) in [5.74, 6) is 1.02. The molecule has 0 aliphatic heterocycles. The van der Waals surface area contributed by atoms with Gasteiger partial charge >= 0.3 is 0 Å². The van der Waals surface area contributed by atoms with Crippen molar-refractivity contribution in [2.75, 3.05) is 18.6 Å². The molecule has 0 spiro atoms. The molecule has 0 unspecified atom stereocenters. The Hall–Kier alpha value is -0.0300. The van der Waals surface area contributed by atoms with Crippen LogP contribution in [-0.2, 0) is 0 Å². The maximum absolute atomic E-state index is 9.04. The van der Waals surface area contributed by atoms with E-state index in [-0.39, 0.29) is 12.6 Å². The zero-order valence-electron chi connectivity index (χ0n) is 10.3. The van der Waals surface area contributed by atoms with Crippen molar-refractivity contribution in [2.45, 2.75) is 25.4 Å². The van der Waals surface area contributed by atoms with E-state index < -0.39 is 0 Å². The number of hydrogen-bond donors (Lipinski definition) is 2. The van der Waals surface area contributed by atoms with Crippen LogP contribution in [0.15, 0.2) is 28.7 Å². The minimum Gasteiger partial charge on any atom is -0.396 e. The van der Waals surface area contributed by atoms with Crippen LogP contribution in [0, 0.1) is 0 Å². The smallest absolute Gasteiger partial charge is 0.0446 e. The van der Waals surface area contributed by atoms with Gasteiger partial charge in [-0.25, -0.2) is 0 Å². The van der Waals surface area contributed by atoms with E-state index in [1.54, 1.807) is 11.8 Å². The van der Waals surface area contributed by atoms with Gasteiger partial charge in [-0.2, -0.15) is 11.8 Å². The zero-order chi connectivity index (χ0) is 12.7. The SMILES string of the molecule is CSC[C@@H](CCO)N[C@@H](C)c1ccccc1Br. The number of thioether (sulfide) groups is 1. The number of benzene rings is 1. The first kappa shape index (κ1) is 15.0. The summed E-state index contributed by atoms with van der Waals surface area (Å²) in [5.41, 5.74) is 1.26. The van der Waals surface area contributed by atoms with Crippen molar-refractivity contribution in [1.29, 1.82) is 0 Å². The number of hydrogen-bond acceptors (Lipinski definition) is 3. The van der Waals surface area contributed by atoms with Crippen LogP contribution in [0.25, 0.3) is 0 Å². The molecule has 2 N–H and O–H groups in total. The summed E-state index contributed by atoms with van der Waals surface area (Å²) in [4.78, 5) is 0. The molecule has 0 saturated heterocycles. The Morgan fingerprint density at radius 1 is 1.41 bits per heavy atom. The Bertz CT molecular complexity index is 329. The van der Waals surface area contributed by atoms with Crippen LogP contribution in [0.2, 0.25) is 0 Å². The first-order chi connectivity index (χ1) is 8.19. The second-order valence-electron chi connectivity index (χ2n) is 4.07. The molecule has 0 amide bonds. The Balaban J connectivity index is 2.63. The van der Waals surface area contributed by atoms with Crippen LogP contribution in [-0.4, -0.2) is 29.8 Å². The monoisotopic (exact) mass is 317 g/mol. The van der Waals surface area contributed by atoms with Gasteiger partial charge in [0.1, 0.15) is 0 Å². The summed E-state index contributed by atoms with van der Waals surface area (Å²) in [5, 5.41) is 12.6. The minimum absolute atomic E-state index is 0.237. The third-order valence-electron chi connectivity index (χ3n) is 2.70. The van der Waals surface area contributed by atoms with Crippen LogP contribution >= 0.6 is 27.7 Å². The summed E-state index contributed by atoms with van der Waals surface area (Å²) < 4.78 is 1.13. The molecule has 2 atom stereocenters. The lowest BCUT2D eigenvalue weighted by molar-refractivity contribution is 0.265. The lowest BCUT2D eigenvalue weighted by Crippen LogP contribution is -2.34. The molecule has 0 saturated carbocycles. The van der Waals surface area contributed by atoms with Gasteiger partial charge in [-0.3, -0.25) is 0 Å². The van der Waals surface area contributed by atoms with Crippen molar-refractivity contribution in [3.63, 3.8) is 0 Å². The Morgan fingerprint density at radius 2 is 2.12 bits per heavy atom. The van der Waals surface area contributed by atoms with Gasteiger partial charge in [-0.1, -0.05) is 34.1 Å². The van der Waals surface area contributed by atoms with E-state index in [0.29, 0.717) is 6.04 Å². The molecule has 1 aromatic rings. The van der Waals surface area contributed by atoms with Gasteiger partial charge in [0.15, 0.2) is 0 Å². The molecule has 0 aliphatic carbocycles. The maximum atomic E-state index is 9.04. The van der Waals surface area contributed by atoms with Gasteiger partial charge in [-0.15, -0.1) is 0 Å². The highest BCUT2D eigenvalue weighted by Crippen LogP contribution is 2.23. The summed E-state index contributed by atoms with van der Waals surface area (Å²) in [6, 6.07) is 8.90. The molecule has 0 aromatic heterocycles. The van der Waals surface area contributed by atoms with E-state index in [9.17, 15) is 0 Å². The predicted molar refractivity (Wildman–Crippen MR) is 79.6 cm³/mol. The largest absolute Gasteiger partial charge is 0.396 e. The summed E-state index contributed by atoms with van der Waals surface area (Å²) in [6.07, 6.45) is 2.89. The van der Waals surface area contributed by atoms with Crippen LogP contribution in [0.4, 0.5) is 0 Å². The fraction of sp³-hybridized carbons (Fsp3) is 0.538. The second-order valence-corrected chi connectivity index (χ2v) is 5.84. The Morgan fingerprint density at radius 3 is 2.71 bits per heavy atom. The number of aliphatic hydroxyl groups is 1. The van der Waals surface area contributed by atoms with E-state index in [1.165, 1.54) is 5.56 Å². The van der Waals surface area contributed by atoms with E-state index in [2.05, 4.69) is 46.6 Å². The molecule has 0 bridgehead atoms. The van der Waals surface area contributed by atoms with E-state index in [4.69, 9.17) is 5.11 Å². The summed E-state index contributed by atoms with van der Waals surface area (Å²) in [7, 11) is 0. The van der Waals surface area contributed by atoms with Gasteiger partial charge < -0.3 is 10.4 Å². The molecule has 96 valence electrons. The first-order valence-electron chi connectivity index (χ1n) is 5.79. The third kappa shape index (κ3) is 5.00. The number of halogens is 1. The highest BCUT2D eigenvalue weighted by Gasteiger charge is 2.14. The Labute approximate surface area is 116 Å². The van der Waals surface area contributed by atoms with Crippen molar-refractivity contribution >= 4 is 27.7 Å². The molecule has 0 fully saturated rings. The quantitative estimate of drug-likeness (QED) is 0.810. The summed E-state index contributed by atoms with van der Waals surface area (Å²) in [6.45, 7) is 2.39. The van der Waals surface area contributed by atoms with Gasteiger partial charge in [0.25, 0.3) is 0 Å². The van der Waals surface area contributed by atoms with Crippen LogP contribution < -0.4 is 5.32 Å². The van der Waals surface area contributed by atoms with Crippen molar-refractivity contribution in [3.8, 4) is 0 Å². The molecular formula is C13H20BrNOS. The molecule has 17 heavy (non-hydrogen) atoms. The molecule has 0 aliphatic rings. The van der Waals surface area contributed by atoms with Crippen LogP contribution in [0.3, 0.4) is 0 Å². The van der Waals surface area contributed by atoms with Crippen LogP contribution in [0.5, 0.6) is 0 Å². The van der Waals surface area contributed by atoms with Crippen molar-refractivity contribution in [2.24, 2.45) is 0 Å². The lowest BCUT2D eigenvalue weighted by atomic mass is 10.1. The van der Waals surface area contributed by atoms with E-state index in [1.807, 2.05) is 12.1 Å². The van der Waals surface area contributed by atoms with Crippen molar-refractivity contribution < 1.29 is 5.11 Å². The fourth-order valence-electron chi connectivity index (χ4n) is 1.84. The number of nitrogens with one attached hydrogen (secondary N) is 1. The van der Waals surface area contributed by atoms with Gasteiger partial charge in [0.2, 0.25) is 0 Å². The second kappa shape index (κ2) is 8.14. The highest BCUT2D eigenvalue weighted by molar-refractivity contribution is 9.10. The lowest BCUT2D eigenvalue weighted by Gasteiger charge is -2.23. The first-order valence-corrected chi connectivity index (χ1v) is 7.98. The third-order valence-corrected chi connectivity index (χ3v) is 4.16. The van der Waals surface area contributed by atoms with Gasteiger partial charge in [-0.05, 0) is 31.2 Å². The molecule has 1 aromatic carbocycles. The van der Waals surface area contributed by atoms with Crippen LogP contribution in [0.1, 0.15) is 24.9 Å². The van der Waals surface area contributed by atoms with Gasteiger partial charge in [0, 0.05) is 28.9 Å². The molecule has 0 radical (unpaired) electrons. The zero-order valence-corrected chi connectivity index (χ0v) is 12.7. The number of aliphatic hydroxyl groups excluding tert-OH is 1. The molecular weight excluding hydrogens is 298 g/mol. The molecule has 4 heteroatoms. The van der Waals surface area contributed by atoms with E-state index in [0.717, 1.165) is 16.6 Å². The normalized spacial score (nSPS) is 14.6. The minimum atomic E-state index is 0.237. The molecule has 2 nitrogen and oxygen atoms in total. The summed E-state index contributed by atoms with van der Waals surface area (Å²) >= 11 is 5.38. The van der Waals surface area contributed by atoms with Crippen molar-refractivity contribution in [1.82, 2.24) is 5.32 Å². The fourth-order valence-corrected chi connectivity index (χ4v) is 3.13. The average Bonchev–Trinajstić information content (AvgIpc) is 2.30. The average molecular weight is 318 g/mol. The molecule has 1 rings (SSSR count). The molecule has 0 heterocycles.